The van der Waals surface area contributed by atoms with Crippen LogP contribution in [0.3, 0.4) is 0 Å². The van der Waals surface area contributed by atoms with Gasteiger partial charge in [-0.1, -0.05) is 0 Å². The Balaban J connectivity index is 2.65. The fourth-order valence-electron chi connectivity index (χ4n) is 1.86. The third-order valence-electron chi connectivity index (χ3n) is 2.62. The van der Waals surface area contributed by atoms with E-state index in [9.17, 15) is 4.57 Å². The lowest BCUT2D eigenvalue weighted by Gasteiger charge is -2.05. The normalized spacial score (nSPS) is 12.3. The van der Waals surface area contributed by atoms with E-state index in [1.54, 1.807) is 13.3 Å². The van der Waals surface area contributed by atoms with Gasteiger partial charge in [0.2, 0.25) is 0 Å². The summed E-state index contributed by atoms with van der Waals surface area (Å²) in [6, 6.07) is 0. The van der Waals surface area contributed by atoms with Gasteiger partial charge in [0, 0.05) is 7.05 Å². The maximum Gasteiger partial charge on any atom is 0.163 e. The number of nitrogens with zero attached hydrogens (tertiary/aromatic N) is 4. The fraction of sp³-hybridized carbons (Fsp3) is 0.545. The molecule has 0 saturated carbocycles. The highest BCUT2D eigenvalue weighted by atomic mass is 31.2. The van der Waals surface area contributed by atoms with Crippen molar-refractivity contribution in [3.05, 3.63) is 17.3 Å². The first-order chi connectivity index (χ1) is 7.78. The van der Waals surface area contributed by atoms with Crippen LogP contribution in [-0.4, -0.2) is 32.8 Å². The van der Waals surface area contributed by atoms with E-state index in [0.29, 0.717) is 6.16 Å². The molecule has 2 aromatic rings. The lowest BCUT2D eigenvalue weighted by atomic mass is 10.4. The van der Waals surface area contributed by atoms with Crippen LogP contribution in [-0.2, 0) is 17.8 Å². The molecule has 17 heavy (non-hydrogen) atoms. The number of aryl methyl sites for hydroxylation is 3. The third kappa shape index (κ3) is 2.39. The van der Waals surface area contributed by atoms with Gasteiger partial charge in [0.05, 0.1) is 19.0 Å². The van der Waals surface area contributed by atoms with Crippen molar-refractivity contribution >= 4 is 18.3 Å². The molecule has 2 rings (SSSR count). The fourth-order valence-corrected chi connectivity index (χ4v) is 2.83. The Bertz CT molecular complexity index is 626. The summed E-state index contributed by atoms with van der Waals surface area (Å²) < 4.78 is 13.8. The van der Waals surface area contributed by atoms with E-state index >= 15 is 0 Å². The summed E-state index contributed by atoms with van der Waals surface area (Å²) in [6.07, 6.45) is 0.498. The highest BCUT2D eigenvalue weighted by Crippen LogP contribution is 2.40. The second kappa shape index (κ2) is 3.91. The molecule has 0 atom stereocenters. The average Bonchev–Trinajstić information content (AvgIpc) is 2.43. The molecule has 5 nitrogen and oxygen atoms in total. The smallest absolute Gasteiger partial charge is 0.163 e. The van der Waals surface area contributed by atoms with Crippen molar-refractivity contribution < 1.29 is 4.57 Å². The highest BCUT2D eigenvalue weighted by molar-refractivity contribution is 7.61. The summed E-state index contributed by atoms with van der Waals surface area (Å²) in [6.45, 7) is 7.33. The van der Waals surface area contributed by atoms with Crippen LogP contribution in [0.5, 0.6) is 0 Å². The molecular weight excluding hydrogens is 235 g/mol. The first kappa shape index (κ1) is 12.2. The zero-order chi connectivity index (χ0) is 12.8. The molecule has 0 saturated heterocycles. The van der Waals surface area contributed by atoms with Crippen molar-refractivity contribution in [2.24, 2.45) is 7.05 Å². The van der Waals surface area contributed by atoms with E-state index in [-0.39, 0.29) is 0 Å². The second-order valence-corrected chi connectivity index (χ2v) is 8.31. The van der Waals surface area contributed by atoms with E-state index in [2.05, 4.69) is 15.0 Å². The Morgan fingerprint density at radius 3 is 2.41 bits per heavy atom. The Labute approximate surface area is 101 Å². The summed E-state index contributed by atoms with van der Waals surface area (Å²) in [5.41, 5.74) is 2.50. The number of hydrogen-bond acceptors (Lipinski definition) is 4. The molecule has 0 aromatic carbocycles. The Hall–Kier alpha value is -1.22. The van der Waals surface area contributed by atoms with E-state index < -0.39 is 7.14 Å². The van der Waals surface area contributed by atoms with Gasteiger partial charge in [0.25, 0.3) is 0 Å². The first-order valence-corrected chi connectivity index (χ1v) is 8.27. The van der Waals surface area contributed by atoms with Gasteiger partial charge < -0.3 is 9.13 Å². The average molecular weight is 252 g/mol. The SMILES string of the molecule is Cc1nc(C)c2nc(CP(C)(C)=O)n(C)c2n1. The Morgan fingerprint density at radius 1 is 1.18 bits per heavy atom. The Kier molecular flexibility index (Phi) is 2.82. The second-order valence-electron chi connectivity index (χ2n) is 4.85. The molecule has 0 aliphatic carbocycles. The predicted octanol–water partition coefficient (Wildman–Crippen LogP) is 2.10. The van der Waals surface area contributed by atoms with Crippen LogP contribution in [0.15, 0.2) is 0 Å². The van der Waals surface area contributed by atoms with E-state index in [0.717, 1.165) is 28.5 Å². The lowest BCUT2D eigenvalue weighted by Crippen LogP contribution is -1.99. The van der Waals surface area contributed by atoms with Gasteiger partial charge >= 0.3 is 0 Å². The standard InChI is InChI=1S/C11H17N4OP/c1-7-10-11(13-8(2)12-7)15(3)9(14-10)6-17(4,5)16/h6H2,1-5H3. The summed E-state index contributed by atoms with van der Waals surface area (Å²) >= 11 is 0. The minimum Gasteiger partial charge on any atom is -0.324 e. The van der Waals surface area contributed by atoms with Crippen molar-refractivity contribution in [3.8, 4) is 0 Å². The minimum atomic E-state index is -2.13. The van der Waals surface area contributed by atoms with Gasteiger partial charge in [-0.15, -0.1) is 0 Å². The molecule has 0 bridgehead atoms. The molecule has 0 spiro atoms. The van der Waals surface area contributed by atoms with Gasteiger partial charge in [-0.25, -0.2) is 15.0 Å². The van der Waals surface area contributed by atoms with Crippen LogP contribution < -0.4 is 0 Å². The molecule has 0 radical (unpaired) electrons. The minimum absolute atomic E-state index is 0.498. The van der Waals surface area contributed by atoms with Crippen LogP contribution >= 0.6 is 7.14 Å². The largest absolute Gasteiger partial charge is 0.324 e. The van der Waals surface area contributed by atoms with Crippen LogP contribution in [0.2, 0.25) is 0 Å². The monoisotopic (exact) mass is 252 g/mol. The van der Waals surface area contributed by atoms with Crippen LogP contribution in [0.25, 0.3) is 11.2 Å². The maximum atomic E-state index is 11.9. The topological polar surface area (TPSA) is 60.7 Å². The van der Waals surface area contributed by atoms with Gasteiger partial charge in [-0.3, -0.25) is 0 Å². The molecular formula is C11H17N4OP. The summed E-state index contributed by atoms with van der Waals surface area (Å²) in [5.74, 6) is 1.55. The van der Waals surface area contributed by atoms with Crippen molar-refractivity contribution in [2.75, 3.05) is 13.3 Å². The summed E-state index contributed by atoms with van der Waals surface area (Å²) in [4.78, 5) is 13.2. The number of imidazole rings is 1. The van der Waals surface area contributed by atoms with E-state index in [1.165, 1.54) is 0 Å². The quantitative estimate of drug-likeness (QED) is 0.768. The molecule has 2 aromatic heterocycles. The predicted molar refractivity (Wildman–Crippen MR) is 68.9 cm³/mol. The van der Waals surface area contributed by atoms with Crippen molar-refractivity contribution in [2.45, 2.75) is 20.0 Å². The zero-order valence-corrected chi connectivity index (χ0v) is 11.7. The Morgan fingerprint density at radius 2 is 1.82 bits per heavy atom. The molecule has 0 amide bonds. The molecule has 92 valence electrons. The first-order valence-electron chi connectivity index (χ1n) is 5.48. The van der Waals surface area contributed by atoms with Crippen LogP contribution in [0.4, 0.5) is 0 Å². The third-order valence-corrected chi connectivity index (χ3v) is 3.66. The van der Waals surface area contributed by atoms with Crippen LogP contribution in [0, 0.1) is 13.8 Å². The highest BCUT2D eigenvalue weighted by Gasteiger charge is 2.17. The van der Waals surface area contributed by atoms with Crippen molar-refractivity contribution in [3.63, 3.8) is 0 Å². The van der Waals surface area contributed by atoms with Gasteiger partial charge in [0.1, 0.15) is 17.2 Å². The van der Waals surface area contributed by atoms with Gasteiger partial charge in [-0.2, -0.15) is 0 Å². The number of fused-ring (bicyclic) bond motifs is 1. The molecule has 6 heteroatoms. The van der Waals surface area contributed by atoms with E-state index in [1.807, 2.05) is 25.5 Å². The number of aromatic nitrogens is 4. The van der Waals surface area contributed by atoms with Gasteiger partial charge in [0.15, 0.2) is 5.65 Å². The molecule has 0 N–H and O–H groups in total. The van der Waals surface area contributed by atoms with Crippen molar-refractivity contribution in [1.82, 2.24) is 19.5 Å². The maximum absolute atomic E-state index is 11.9. The molecule has 0 unspecified atom stereocenters. The summed E-state index contributed by atoms with van der Waals surface area (Å²) in [5, 5.41) is 0. The molecule has 0 aliphatic rings. The van der Waals surface area contributed by atoms with Crippen molar-refractivity contribution in [1.29, 1.82) is 0 Å². The summed E-state index contributed by atoms with van der Waals surface area (Å²) in [7, 11) is -0.219. The van der Waals surface area contributed by atoms with Gasteiger partial charge in [-0.05, 0) is 27.2 Å². The molecule has 0 fully saturated rings. The lowest BCUT2D eigenvalue weighted by molar-refractivity contribution is 0.580. The zero-order valence-electron chi connectivity index (χ0n) is 10.9. The van der Waals surface area contributed by atoms with Crippen LogP contribution in [0.1, 0.15) is 17.3 Å². The number of rotatable bonds is 2. The van der Waals surface area contributed by atoms with E-state index in [4.69, 9.17) is 0 Å². The molecule has 0 aliphatic heterocycles. The number of hydrogen-bond donors (Lipinski definition) is 0. The molecule has 2 heterocycles.